The maximum Gasteiger partial charge on any atom is 0.273 e. The molecule has 26 heavy (non-hydrogen) atoms. The number of non-ortho nitro benzene ring substituents is 1. The smallest absolute Gasteiger partial charge is 0.273 e. The van der Waals surface area contributed by atoms with Gasteiger partial charge in [0.2, 0.25) is 0 Å². The molecule has 0 unspecified atom stereocenters. The van der Waals surface area contributed by atoms with Gasteiger partial charge in [-0.3, -0.25) is 20.1 Å². The molecule has 0 aliphatic rings. The monoisotopic (exact) mass is 386 g/mol. The lowest BCUT2D eigenvalue weighted by atomic mass is 10.2. The van der Waals surface area contributed by atoms with Crippen molar-refractivity contribution in [2.75, 3.05) is 5.73 Å². The molecule has 0 bridgehead atoms. The fourth-order valence-corrected chi connectivity index (χ4v) is 2.94. The average molecular weight is 387 g/mol. The number of aromatic nitrogens is 2. The van der Waals surface area contributed by atoms with Crippen molar-refractivity contribution < 1.29 is 4.92 Å². The molecule has 4 aromatic rings. The van der Waals surface area contributed by atoms with E-state index in [2.05, 4.69) is 9.97 Å². The number of nitrogens with zero attached hydrogens (tertiary/aromatic N) is 3. The van der Waals surface area contributed by atoms with Crippen LogP contribution in [0.2, 0.25) is 10.0 Å². The first kappa shape index (κ1) is 17.8. The molecule has 0 fully saturated rings. The predicted octanol–water partition coefficient (Wildman–Crippen LogP) is 5.27. The highest BCUT2D eigenvalue weighted by Crippen LogP contribution is 2.27. The number of hydrogen-bond acceptors (Lipinski definition) is 5. The van der Waals surface area contributed by atoms with Crippen molar-refractivity contribution >= 4 is 56.4 Å². The van der Waals surface area contributed by atoms with Crippen LogP contribution in [0.1, 0.15) is 0 Å². The third-order valence-corrected chi connectivity index (χ3v) is 4.18. The van der Waals surface area contributed by atoms with E-state index in [4.69, 9.17) is 28.9 Å². The maximum absolute atomic E-state index is 10.5. The van der Waals surface area contributed by atoms with E-state index >= 15 is 0 Å². The van der Waals surface area contributed by atoms with Gasteiger partial charge in [-0.2, -0.15) is 0 Å². The molecule has 4 rings (SSSR count). The highest BCUT2D eigenvalue weighted by atomic mass is 35.5. The molecule has 0 radical (unpaired) electrons. The molecule has 0 amide bonds. The number of nitro groups is 1. The molecular formula is C18H12Cl2N4O2. The molecule has 8 heteroatoms. The van der Waals surface area contributed by atoms with Gasteiger partial charge in [0.25, 0.3) is 5.69 Å². The van der Waals surface area contributed by atoms with Crippen LogP contribution in [-0.2, 0) is 0 Å². The standard InChI is InChI=1S/C9H5ClN2O2.C9H7ClN2/c10-8-4-6(12(13)14)5-9-7(8)2-1-3-11-9;10-8-4-6(11)5-9-7(8)2-1-3-12-9/h1-5H;1-5H,11H2. The number of hydrogen-bond donors (Lipinski definition) is 1. The molecule has 0 saturated carbocycles. The number of halogens is 2. The zero-order valence-electron chi connectivity index (χ0n) is 13.3. The molecular weight excluding hydrogens is 375 g/mol. The van der Waals surface area contributed by atoms with Crippen LogP contribution < -0.4 is 5.73 Å². The minimum Gasteiger partial charge on any atom is -0.399 e. The Labute approximate surface area is 158 Å². The van der Waals surface area contributed by atoms with Gasteiger partial charge < -0.3 is 5.73 Å². The predicted molar refractivity (Wildman–Crippen MR) is 105 cm³/mol. The van der Waals surface area contributed by atoms with Gasteiger partial charge in [-0.1, -0.05) is 23.2 Å². The van der Waals surface area contributed by atoms with E-state index in [-0.39, 0.29) is 5.69 Å². The van der Waals surface area contributed by atoms with E-state index < -0.39 is 4.92 Å². The largest absolute Gasteiger partial charge is 0.399 e. The Hall–Kier alpha value is -2.96. The van der Waals surface area contributed by atoms with Crippen LogP contribution in [0, 0.1) is 10.1 Å². The first-order valence-electron chi connectivity index (χ1n) is 7.44. The second-order valence-corrected chi connectivity index (χ2v) is 6.14. The first-order chi connectivity index (χ1) is 12.5. The van der Waals surface area contributed by atoms with Crippen LogP contribution in [-0.4, -0.2) is 14.9 Å². The fourth-order valence-electron chi connectivity index (χ4n) is 2.39. The average Bonchev–Trinajstić information content (AvgIpc) is 2.62. The minimum atomic E-state index is -0.486. The number of nitro benzene ring substituents is 1. The lowest BCUT2D eigenvalue weighted by molar-refractivity contribution is -0.384. The Morgan fingerprint density at radius 2 is 1.42 bits per heavy atom. The van der Waals surface area contributed by atoms with Crippen molar-refractivity contribution in [1.29, 1.82) is 0 Å². The van der Waals surface area contributed by atoms with Crippen molar-refractivity contribution in [2.24, 2.45) is 0 Å². The van der Waals surface area contributed by atoms with Crippen LogP contribution in [0.4, 0.5) is 11.4 Å². The minimum absolute atomic E-state index is 0.0406. The molecule has 2 aromatic heterocycles. The van der Waals surface area contributed by atoms with Gasteiger partial charge in [-0.15, -0.1) is 0 Å². The zero-order chi connectivity index (χ0) is 18.7. The summed E-state index contributed by atoms with van der Waals surface area (Å²) < 4.78 is 0. The van der Waals surface area contributed by atoms with E-state index in [1.807, 2.05) is 12.1 Å². The molecule has 2 aromatic carbocycles. The molecule has 130 valence electrons. The van der Waals surface area contributed by atoms with Gasteiger partial charge in [0.1, 0.15) is 0 Å². The number of rotatable bonds is 1. The fraction of sp³-hybridized carbons (Fsp3) is 0. The van der Waals surface area contributed by atoms with E-state index in [1.54, 1.807) is 36.7 Å². The summed E-state index contributed by atoms with van der Waals surface area (Å²) in [5.74, 6) is 0. The van der Waals surface area contributed by atoms with Gasteiger partial charge in [-0.25, -0.2) is 0 Å². The van der Waals surface area contributed by atoms with Crippen molar-refractivity contribution in [2.45, 2.75) is 0 Å². The number of fused-ring (bicyclic) bond motifs is 2. The summed E-state index contributed by atoms with van der Waals surface area (Å²) >= 11 is 11.8. The SMILES string of the molecule is Nc1cc(Cl)c2cccnc2c1.O=[N+]([O-])c1cc(Cl)c2cccnc2c1. The molecule has 2 N–H and O–H groups in total. The Bertz CT molecular complexity index is 1120. The Morgan fingerprint density at radius 3 is 2.00 bits per heavy atom. The summed E-state index contributed by atoms with van der Waals surface area (Å²) in [7, 11) is 0. The Kier molecular flexibility index (Phi) is 5.16. The van der Waals surface area contributed by atoms with Crippen LogP contribution in [0.5, 0.6) is 0 Å². The van der Waals surface area contributed by atoms with E-state index in [0.29, 0.717) is 21.2 Å². The number of nitrogens with two attached hydrogens (primary N) is 1. The van der Waals surface area contributed by atoms with Crippen molar-refractivity contribution in [3.05, 3.63) is 81.1 Å². The lowest BCUT2D eigenvalue weighted by Gasteiger charge is -2.00. The second-order valence-electron chi connectivity index (χ2n) is 5.33. The quantitative estimate of drug-likeness (QED) is 0.273. The van der Waals surface area contributed by atoms with E-state index in [0.717, 1.165) is 16.3 Å². The Balaban J connectivity index is 0.000000152. The third-order valence-electron chi connectivity index (χ3n) is 3.56. The number of nitrogen functional groups attached to an aromatic ring is 1. The first-order valence-corrected chi connectivity index (χ1v) is 8.20. The summed E-state index contributed by atoms with van der Waals surface area (Å²) in [4.78, 5) is 18.2. The van der Waals surface area contributed by atoms with E-state index in [9.17, 15) is 10.1 Å². The van der Waals surface area contributed by atoms with Crippen LogP contribution >= 0.6 is 23.2 Å². The summed E-state index contributed by atoms with van der Waals surface area (Å²) in [6, 6.07) is 13.5. The molecule has 0 saturated heterocycles. The number of anilines is 1. The molecule has 2 heterocycles. The van der Waals surface area contributed by atoms with Crippen LogP contribution in [0.25, 0.3) is 21.8 Å². The van der Waals surface area contributed by atoms with Gasteiger partial charge >= 0.3 is 0 Å². The highest BCUT2D eigenvalue weighted by Gasteiger charge is 2.10. The summed E-state index contributed by atoms with van der Waals surface area (Å²) in [5, 5.41) is 13.2. The topological polar surface area (TPSA) is 94.9 Å². The molecule has 6 nitrogen and oxygen atoms in total. The number of benzene rings is 2. The van der Waals surface area contributed by atoms with Gasteiger partial charge in [0.05, 0.1) is 26.0 Å². The lowest BCUT2D eigenvalue weighted by Crippen LogP contribution is -1.89. The van der Waals surface area contributed by atoms with Crippen molar-refractivity contribution in [3.8, 4) is 0 Å². The summed E-state index contributed by atoms with van der Waals surface area (Å²) in [6.45, 7) is 0. The molecule has 0 aliphatic carbocycles. The van der Waals surface area contributed by atoms with Crippen molar-refractivity contribution in [1.82, 2.24) is 9.97 Å². The summed E-state index contributed by atoms with van der Waals surface area (Å²) in [5.41, 5.74) is 7.57. The zero-order valence-corrected chi connectivity index (χ0v) is 14.8. The molecule has 0 spiro atoms. The molecule has 0 atom stereocenters. The normalized spacial score (nSPS) is 10.4. The van der Waals surface area contributed by atoms with E-state index in [1.165, 1.54) is 12.1 Å². The highest BCUT2D eigenvalue weighted by molar-refractivity contribution is 6.36. The van der Waals surface area contributed by atoms with Gasteiger partial charge in [-0.05, 0) is 36.4 Å². The number of pyridine rings is 2. The van der Waals surface area contributed by atoms with Crippen LogP contribution in [0.15, 0.2) is 60.9 Å². The van der Waals surface area contributed by atoms with Crippen LogP contribution in [0.3, 0.4) is 0 Å². The summed E-state index contributed by atoms with van der Waals surface area (Å²) in [6.07, 6.45) is 3.29. The Morgan fingerprint density at radius 1 is 0.885 bits per heavy atom. The van der Waals surface area contributed by atoms with Gasteiger partial charge in [0.15, 0.2) is 0 Å². The van der Waals surface area contributed by atoms with Gasteiger partial charge in [0, 0.05) is 41.0 Å². The van der Waals surface area contributed by atoms with Crippen molar-refractivity contribution in [3.63, 3.8) is 0 Å². The molecule has 0 aliphatic heterocycles. The second kappa shape index (κ2) is 7.51. The maximum atomic E-state index is 10.5. The third kappa shape index (κ3) is 3.82.